The number of benzene rings is 1. The minimum atomic E-state index is -0.589. The molecule has 21 heavy (non-hydrogen) atoms. The molecule has 2 aromatic rings. The van der Waals surface area contributed by atoms with Crippen molar-refractivity contribution in [1.29, 1.82) is 0 Å². The van der Waals surface area contributed by atoms with Gasteiger partial charge >= 0.3 is 0 Å². The third-order valence-electron chi connectivity index (χ3n) is 2.47. The standard InChI is InChI=1S/C13H9ClN4O3/c14-11-4-3-9(6-12(11)18(20)21)7-16-17-13(19)10-2-1-5-15-8-10/h1-8H,(H,17,19)/b16-7+. The number of nitro groups is 1. The molecule has 1 heterocycles. The van der Waals surface area contributed by atoms with Crippen LogP contribution >= 0.6 is 11.6 Å². The van der Waals surface area contributed by atoms with Crippen molar-refractivity contribution in [1.82, 2.24) is 10.4 Å². The molecule has 0 unspecified atom stereocenters. The summed E-state index contributed by atoms with van der Waals surface area (Å²) in [7, 11) is 0. The molecule has 0 saturated heterocycles. The molecule has 1 amide bonds. The molecule has 1 N–H and O–H groups in total. The maximum atomic E-state index is 11.7. The highest BCUT2D eigenvalue weighted by Crippen LogP contribution is 2.24. The molecule has 0 aliphatic carbocycles. The van der Waals surface area contributed by atoms with Crippen molar-refractivity contribution in [3.05, 3.63) is 69.0 Å². The SMILES string of the molecule is O=C(N/N=C/c1ccc(Cl)c([N+](=O)[O-])c1)c1cccnc1. The molecule has 0 radical (unpaired) electrons. The van der Waals surface area contributed by atoms with E-state index >= 15 is 0 Å². The number of hydrogen-bond acceptors (Lipinski definition) is 5. The largest absolute Gasteiger partial charge is 0.288 e. The van der Waals surface area contributed by atoms with Gasteiger partial charge in [0.1, 0.15) is 5.02 Å². The number of carbonyl (C=O) groups excluding carboxylic acids is 1. The van der Waals surface area contributed by atoms with Crippen molar-refractivity contribution in [3.63, 3.8) is 0 Å². The van der Waals surface area contributed by atoms with Crippen LogP contribution in [0.15, 0.2) is 47.8 Å². The highest BCUT2D eigenvalue weighted by molar-refractivity contribution is 6.32. The van der Waals surface area contributed by atoms with Crippen LogP contribution in [0, 0.1) is 10.1 Å². The molecule has 1 aromatic carbocycles. The zero-order chi connectivity index (χ0) is 15.2. The molecule has 7 nitrogen and oxygen atoms in total. The molecular weight excluding hydrogens is 296 g/mol. The summed E-state index contributed by atoms with van der Waals surface area (Å²) in [5, 5.41) is 14.5. The van der Waals surface area contributed by atoms with Crippen LogP contribution in [0.3, 0.4) is 0 Å². The number of halogens is 1. The lowest BCUT2D eigenvalue weighted by Gasteiger charge is -1.99. The Labute approximate surface area is 124 Å². The van der Waals surface area contributed by atoms with Gasteiger partial charge in [-0.1, -0.05) is 17.7 Å². The summed E-state index contributed by atoms with van der Waals surface area (Å²) in [5.74, 6) is -0.428. The van der Waals surface area contributed by atoms with E-state index < -0.39 is 10.8 Å². The average molecular weight is 305 g/mol. The van der Waals surface area contributed by atoms with Gasteiger partial charge in [-0.25, -0.2) is 5.43 Å². The van der Waals surface area contributed by atoms with Gasteiger partial charge < -0.3 is 0 Å². The zero-order valence-corrected chi connectivity index (χ0v) is 11.3. The number of hydrazone groups is 1. The summed E-state index contributed by atoms with van der Waals surface area (Å²) in [6.07, 6.45) is 4.24. The van der Waals surface area contributed by atoms with Gasteiger partial charge in [-0.3, -0.25) is 19.9 Å². The van der Waals surface area contributed by atoms with Crippen LogP contribution in [-0.4, -0.2) is 22.0 Å². The molecule has 8 heteroatoms. The summed E-state index contributed by atoms with van der Waals surface area (Å²) in [6.45, 7) is 0. The molecule has 2 rings (SSSR count). The molecule has 106 valence electrons. The Balaban J connectivity index is 2.07. The Morgan fingerprint density at radius 3 is 2.90 bits per heavy atom. The number of nitrogens with one attached hydrogen (secondary N) is 1. The maximum Gasteiger partial charge on any atom is 0.288 e. The number of aromatic nitrogens is 1. The third-order valence-corrected chi connectivity index (χ3v) is 2.79. The number of hydrogen-bond donors (Lipinski definition) is 1. The van der Waals surface area contributed by atoms with Crippen molar-refractivity contribution < 1.29 is 9.72 Å². The monoisotopic (exact) mass is 304 g/mol. The van der Waals surface area contributed by atoms with Crippen molar-refractivity contribution in [2.75, 3.05) is 0 Å². The van der Waals surface area contributed by atoms with Crippen LogP contribution in [0.4, 0.5) is 5.69 Å². The Morgan fingerprint density at radius 2 is 2.24 bits per heavy atom. The molecule has 0 spiro atoms. The van der Waals surface area contributed by atoms with Crippen LogP contribution in [0.25, 0.3) is 0 Å². The first-order valence-electron chi connectivity index (χ1n) is 5.75. The van der Waals surface area contributed by atoms with Gasteiger partial charge in [0.05, 0.1) is 16.7 Å². The molecule has 1 aromatic heterocycles. The Hall–Kier alpha value is -2.80. The van der Waals surface area contributed by atoms with Gasteiger partial charge in [0.2, 0.25) is 0 Å². The minimum Gasteiger partial charge on any atom is -0.267 e. The quantitative estimate of drug-likeness (QED) is 0.533. The fourth-order valence-electron chi connectivity index (χ4n) is 1.48. The maximum absolute atomic E-state index is 11.7. The van der Waals surface area contributed by atoms with Crippen LogP contribution in [0.2, 0.25) is 5.02 Å². The molecule has 0 aliphatic heterocycles. The molecule has 0 atom stereocenters. The number of pyridine rings is 1. The first-order chi connectivity index (χ1) is 10.1. The Bertz CT molecular complexity index is 704. The van der Waals surface area contributed by atoms with Crippen molar-refractivity contribution in [2.24, 2.45) is 5.10 Å². The van der Waals surface area contributed by atoms with E-state index in [1.807, 2.05) is 0 Å². The average Bonchev–Trinajstić information content (AvgIpc) is 2.49. The molecule has 0 fully saturated rings. The van der Waals surface area contributed by atoms with Gasteiger partial charge in [0, 0.05) is 24.0 Å². The summed E-state index contributed by atoms with van der Waals surface area (Å²) >= 11 is 5.69. The second-order valence-electron chi connectivity index (χ2n) is 3.91. The normalized spacial score (nSPS) is 10.5. The number of rotatable bonds is 4. The smallest absolute Gasteiger partial charge is 0.267 e. The lowest BCUT2D eigenvalue weighted by Crippen LogP contribution is -2.17. The first-order valence-corrected chi connectivity index (χ1v) is 6.13. The van der Waals surface area contributed by atoms with Gasteiger partial charge in [0.15, 0.2) is 0 Å². The summed E-state index contributed by atoms with van der Waals surface area (Å²) in [6, 6.07) is 7.42. The second-order valence-corrected chi connectivity index (χ2v) is 4.32. The number of nitrogens with zero attached hydrogens (tertiary/aromatic N) is 3. The second kappa shape index (κ2) is 6.58. The van der Waals surface area contributed by atoms with E-state index in [2.05, 4.69) is 15.5 Å². The summed E-state index contributed by atoms with van der Waals surface area (Å²) < 4.78 is 0. The fourth-order valence-corrected chi connectivity index (χ4v) is 1.66. The molecule has 0 saturated carbocycles. The lowest BCUT2D eigenvalue weighted by atomic mass is 10.2. The molecule has 0 aliphatic rings. The van der Waals surface area contributed by atoms with E-state index in [-0.39, 0.29) is 10.7 Å². The Morgan fingerprint density at radius 1 is 1.43 bits per heavy atom. The first kappa shape index (κ1) is 14.6. The molecule has 0 bridgehead atoms. The minimum absolute atomic E-state index is 0.0385. The molecular formula is C13H9ClN4O3. The van der Waals surface area contributed by atoms with Gasteiger partial charge in [0.25, 0.3) is 11.6 Å². The highest BCUT2D eigenvalue weighted by atomic mass is 35.5. The highest BCUT2D eigenvalue weighted by Gasteiger charge is 2.11. The van der Waals surface area contributed by atoms with E-state index in [0.717, 1.165) is 0 Å². The van der Waals surface area contributed by atoms with E-state index in [4.69, 9.17) is 11.6 Å². The number of carbonyl (C=O) groups is 1. The van der Waals surface area contributed by atoms with E-state index in [0.29, 0.717) is 11.1 Å². The Kier molecular flexibility index (Phi) is 4.57. The lowest BCUT2D eigenvalue weighted by molar-refractivity contribution is -0.384. The summed E-state index contributed by atoms with van der Waals surface area (Å²) in [5.41, 5.74) is 2.88. The van der Waals surface area contributed by atoms with Crippen LogP contribution in [0.5, 0.6) is 0 Å². The third kappa shape index (κ3) is 3.83. The van der Waals surface area contributed by atoms with Crippen molar-refractivity contribution >= 4 is 29.4 Å². The van der Waals surface area contributed by atoms with Crippen molar-refractivity contribution in [3.8, 4) is 0 Å². The predicted molar refractivity (Wildman–Crippen MR) is 77.4 cm³/mol. The number of amides is 1. The van der Waals surface area contributed by atoms with E-state index in [9.17, 15) is 14.9 Å². The fraction of sp³-hybridized carbons (Fsp3) is 0. The predicted octanol–water partition coefficient (Wildman–Crippen LogP) is 2.41. The van der Waals surface area contributed by atoms with Crippen LogP contribution in [-0.2, 0) is 0 Å². The van der Waals surface area contributed by atoms with Crippen LogP contribution < -0.4 is 5.43 Å². The number of nitro benzene ring substituents is 1. The van der Waals surface area contributed by atoms with E-state index in [1.54, 1.807) is 24.4 Å². The topological polar surface area (TPSA) is 97.5 Å². The van der Waals surface area contributed by atoms with Gasteiger partial charge in [-0.2, -0.15) is 5.10 Å². The van der Waals surface area contributed by atoms with Crippen molar-refractivity contribution in [2.45, 2.75) is 0 Å². The van der Waals surface area contributed by atoms with Gasteiger partial charge in [-0.05, 0) is 18.2 Å². The van der Waals surface area contributed by atoms with E-state index in [1.165, 1.54) is 24.5 Å². The van der Waals surface area contributed by atoms with Gasteiger partial charge in [-0.15, -0.1) is 0 Å². The summed E-state index contributed by atoms with van der Waals surface area (Å²) in [4.78, 5) is 25.6. The zero-order valence-electron chi connectivity index (χ0n) is 10.6. The van der Waals surface area contributed by atoms with Crippen LogP contribution in [0.1, 0.15) is 15.9 Å².